The number of hydrogen-bond donors (Lipinski definition) is 5. The molecular weight excluding hydrogens is 749 g/mol. The minimum absolute atomic E-state index is 0.0339. The van der Waals surface area contributed by atoms with Crippen molar-refractivity contribution in [3.05, 3.63) is 81.5 Å². The van der Waals surface area contributed by atoms with Crippen LogP contribution in [-0.2, 0) is 35.3 Å². The van der Waals surface area contributed by atoms with Crippen LogP contribution in [0.25, 0.3) is 22.5 Å². The Morgan fingerprint density at radius 2 is 1.52 bits per heavy atom. The number of halogens is 4. The number of methoxy groups -OCH3 is 2. The van der Waals surface area contributed by atoms with Gasteiger partial charge in [-0.05, 0) is 61.4 Å². The molecule has 3 atom stereocenters. The maximum Gasteiger partial charge on any atom is 0.419 e. The van der Waals surface area contributed by atoms with Crippen LogP contribution in [0, 0.1) is 0 Å². The van der Waals surface area contributed by atoms with Gasteiger partial charge in [0.25, 0.3) is 0 Å². The highest BCUT2D eigenvalue weighted by molar-refractivity contribution is 6.35. The number of nitrogens with one attached hydrogen (secondary N) is 5. The van der Waals surface area contributed by atoms with Gasteiger partial charge in [-0.2, -0.15) is 18.2 Å². The Hall–Kier alpha value is -4.99. The Morgan fingerprint density at radius 3 is 2.16 bits per heavy atom. The predicted octanol–water partition coefficient (Wildman–Crippen LogP) is 6.12. The molecule has 296 valence electrons. The summed E-state index contributed by atoms with van der Waals surface area (Å²) in [6.07, 6.45) is 1.38. The topological polar surface area (TPSA) is 151 Å². The van der Waals surface area contributed by atoms with Gasteiger partial charge in [-0.3, -0.25) is 14.6 Å². The number of carbonyl (C=O) groups excluding carboxylic acids is 2. The standard InChI is InChI=1S/C40H44ClF3N8O4/c1-55-38-22(18-45-20-24-10-13-33(53)48-24)9-12-32(51-38)29-15-16-47-36(35(29)41)28-7-3-6-27-26(28)5-4-8-31(27)50-37-30(40(42,43)44)17-23(39(52-37)56-2)19-46-21-25-11-14-34(54)49-25/h3,6-7,9,12,15-17,24-25,31,45-46H,4-5,8,10-11,13-14,18-21H2,1-2H3,(H,48,53)(H,49,54)(H,50,52)/t24-,25-,31+/m0/s1. The number of rotatable bonds is 14. The summed E-state index contributed by atoms with van der Waals surface area (Å²) in [5, 5.41) is 15.8. The average molecular weight is 793 g/mol. The van der Waals surface area contributed by atoms with Crippen molar-refractivity contribution in [2.75, 3.05) is 32.6 Å². The fourth-order valence-corrected chi connectivity index (χ4v) is 8.05. The number of alkyl halides is 3. The van der Waals surface area contributed by atoms with E-state index in [4.69, 9.17) is 26.1 Å². The molecule has 3 aromatic heterocycles. The number of nitrogens with zero attached hydrogens (tertiary/aromatic N) is 3. The molecule has 2 aliphatic heterocycles. The van der Waals surface area contributed by atoms with Crippen LogP contribution in [0.15, 0.2) is 48.7 Å². The molecule has 2 amide bonds. The Morgan fingerprint density at radius 1 is 0.839 bits per heavy atom. The first-order chi connectivity index (χ1) is 27.0. The molecule has 0 unspecified atom stereocenters. The molecule has 16 heteroatoms. The number of aromatic nitrogens is 3. The lowest BCUT2D eigenvalue weighted by molar-refractivity contribution is -0.137. The molecule has 5 heterocycles. The Kier molecular flexibility index (Phi) is 11.9. The van der Waals surface area contributed by atoms with Crippen molar-refractivity contribution < 1.29 is 32.2 Å². The first kappa shape index (κ1) is 39.3. The summed E-state index contributed by atoms with van der Waals surface area (Å²) in [6.45, 7) is 1.63. The normalized spacial score (nSPS) is 19.4. The fourth-order valence-electron chi connectivity index (χ4n) is 7.74. The molecule has 1 aromatic carbocycles. The molecule has 1 aliphatic carbocycles. The third kappa shape index (κ3) is 8.69. The minimum atomic E-state index is -4.69. The lowest BCUT2D eigenvalue weighted by Gasteiger charge is -2.30. The summed E-state index contributed by atoms with van der Waals surface area (Å²) >= 11 is 7.11. The summed E-state index contributed by atoms with van der Waals surface area (Å²) < 4.78 is 54.9. The van der Waals surface area contributed by atoms with Crippen LogP contribution < -0.4 is 36.1 Å². The number of pyridine rings is 3. The van der Waals surface area contributed by atoms with Crippen molar-refractivity contribution in [1.82, 2.24) is 36.2 Å². The number of carbonyl (C=O) groups is 2. The number of fused-ring (bicyclic) bond motifs is 1. The van der Waals surface area contributed by atoms with E-state index in [1.807, 2.05) is 30.3 Å². The summed E-state index contributed by atoms with van der Waals surface area (Å²) in [4.78, 5) is 36.9. The zero-order chi connectivity index (χ0) is 39.4. The summed E-state index contributed by atoms with van der Waals surface area (Å²) in [6, 6.07) is 11.9. The van der Waals surface area contributed by atoms with Crippen LogP contribution in [0.2, 0.25) is 5.02 Å². The number of hydrogen-bond acceptors (Lipinski definition) is 10. The molecule has 4 aromatic rings. The van der Waals surface area contributed by atoms with Crippen LogP contribution in [0.1, 0.15) is 72.4 Å². The van der Waals surface area contributed by atoms with Crippen molar-refractivity contribution in [3.63, 3.8) is 0 Å². The second-order valence-electron chi connectivity index (χ2n) is 14.3. The molecule has 3 aliphatic rings. The van der Waals surface area contributed by atoms with Crippen LogP contribution in [0.5, 0.6) is 11.8 Å². The number of benzene rings is 1. The molecule has 2 fully saturated rings. The fraction of sp³-hybridized carbons (Fsp3) is 0.425. The molecule has 7 rings (SSSR count). The van der Waals surface area contributed by atoms with Crippen LogP contribution in [0.3, 0.4) is 0 Å². The molecule has 12 nitrogen and oxygen atoms in total. The van der Waals surface area contributed by atoms with Crippen LogP contribution >= 0.6 is 11.6 Å². The molecule has 0 bridgehead atoms. The lowest BCUT2D eigenvalue weighted by Crippen LogP contribution is -2.35. The van der Waals surface area contributed by atoms with Gasteiger partial charge in [0, 0.05) is 79.6 Å². The second-order valence-corrected chi connectivity index (χ2v) is 14.6. The number of ether oxygens (including phenoxy) is 2. The third-order valence-corrected chi connectivity index (χ3v) is 10.9. The van der Waals surface area contributed by atoms with Crippen LogP contribution in [0.4, 0.5) is 19.0 Å². The molecule has 0 spiro atoms. The van der Waals surface area contributed by atoms with E-state index in [1.165, 1.54) is 7.11 Å². The predicted molar refractivity (Wildman–Crippen MR) is 205 cm³/mol. The highest BCUT2D eigenvalue weighted by Gasteiger charge is 2.37. The Labute approximate surface area is 327 Å². The van der Waals surface area contributed by atoms with Gasteiger partial charge >= 0.3 is 6.18 Å². The van der Waals surface area contributed by atoms with Gasteiger partial charge in [-0.25, -0.2) is 4.98 Å². The molecule has 0 radical (unpaired) electrons. The molecule has 0 saturated carbocycles. The third-order valence-electron chi connectivity index (χ3n) is 10.5. The van der Waals surface area contributed by atoms with Gasteiger partial charge in [-0.15, -0.1) is 0 Å². The first-order valence-corrected chi connectivity index (χ1v) is 19.1. The van der Waals surface area contributed by atoms with E-state index >= 15 is 0 Å². The maximum atomic E-state index is 14.6. The summed E-state index contributed by atoms with van der Waals surface area (Å²) in [7, 11) is 2.94. The zero-order valence-corrected chi connectivity index (χ0v) is 31.9. The van der Waals surface area contributed by atoms with Gasteiger partial charge < -0.3 is 36.1 Å². The largest absolute Gasteiger partial charge is 0.481 e. The van der Waals surface area contributed by atoms with E-state index in [0.717, 1.165) is 34.7 Å². The van der Waals surface area contributed by atoms with E-state index in [1.54, 1.807) is 19.4 Å². The van der Waals surface area contributed by atoms with E-state index in [9.17, 15) is 22.8 Å². The van der Waals surface area contributed by atoms with Gasteiger partial charge in [0.1, 0.15) is 5.82 Å². The van der Waals surface area contributed by atoms with E-state index in [-0.39, 0.29) is 47.7 Å². The van der Waals surface area contributed by atoms with Crippen LogP contribution in [-0.4, -0.2) is 66.2 Å². The smallest absolute Gasteiger partial charge is 0.419 e. The van der Waals surface area contributed by atoms with Crippen molar-refractivity contribution >= 4 is 29.2 Å². The maximum absolute atomic E-state index is 14.6. The van der Waals surface area contributed by atoms with E-state index in [2.05, 4.69) is 36.6 Å². The highest BCUT2D eigenvalue weighted by Crippen LogP contribution is 2.43. The molecule has 2 saturated heterocycles. The van der Waals surface area contributed by atoms with Gasteiger partial charge in [0.2, 0.25) is 23.6 Å². The van der Waals surface area contributed by atoms with Crippen molar-refractivity contribution in [2.24, 2.45) is 0 Å². The van der Waals surface area contributed by atoms with E-state index in [0.29, 0.717) is 86.0 Å². The first-order valence-electron chi connectivity index (χ1n) is 18.7. The molecule has 56 heavy (non-hydrogen) atoms. The molecular formula is C40H44ClF3N8O4. The monoisotopic (exact) mass is 792 g/mol. The van der Waals surface area contributed by atoms with Gasteiger partial charge in [0.15, 0.2) is 0 Å². The molecule has 5 N–H and O–H groups in total. The Bertz CT molecular complexity index is 2100. The summed E-state index contributed by atoms with van der Waals surface area (Å²) in [5.41, 5.74) is 4.57. The minimum Gasteiger partial charge on any atom is -0.481 e. The summed E-state index contributed by atoms with van der Waals surface area (Å²) in [5.74, 6) is 0.242. The number of anilines is 1. The highest BCUT2D eigenvalue weighted by atomic mass is 35.5. The van der Waals surface area contributed by atoms with Crippen molar-refractivity contribution in [1.29, 1.82) is 0 Å². The Balaban J connectivity index is 1.12. The lowest BCUT2D eigenvalue weighted by atomic mass is 9.83. The van der Waals surface area contributed by atoms with Crippen molar-refractivity contribution in [2.45, 2.75) is 82.3 Å². The zero-order valence-electron chi connectivity index (χ0n) is 31.1. The SMILES string of the molecule is COc1nc(-c2ccnc(-c3cccc4c3CCC[C@H]4Nc3nc(OC)c(CNC[C@@H]4CCC(=O)N4)cc3C(F)(F)F)c2Cl)ccc1CNC[C@@H]1CCC(=O)N1. The van der Waals surface area contributed by atoms with E-state index < -0.39 is 17.8 Å². The van der Waals surface area contributed by atoms with Gasteiger partial charge in [0.05, 0.1) is 42.2 Å². The quantitative estimate of drug-likeness (QED) is 0.101. The van der Waals surface area contributed by atoms with Crippen molar-refractivity contribution in [3.8, 4) is 34.3 Å². The average Bonchev–Trinajstić information content (AvgIpc) is 3.81. The second kappa shape index (κ2) is 17.0. The van der Waals surface area contributed by atoms with Gasteiger partial charge in [-0.1, -0.05) is 35.9 Å². The number of amides is 2.